The van der Waals surface area contributed by atoms with Crippen LogP contribution >= 0.6 is 0 Å². The molecule has 148 valence electrons. The zero-order chi connectivity index (χ0) is 20.4. The Kier molecular flexibility index (Phi) is 5.03. The van der Waals surface area contributed by atoms with E-state index in [1.165, 1.54) is 0 Å². The first kappa shape index (κ1) is 18.7. The predicted octanol–water partition coefficient (Wildman–Crippen LogP) is 2.26. The van der Waals surface area contributed by atoms with Crippen molar-refractivity contribution in [3.05, 3.63) is 71.4 Å². The second-order valence-corrected chi connectivity index (χ2v) is 7.25. The van der Waals surface area contributed by atoms with E-state index in [0.717, 1.165) is 32.5 Å². The summed E-state index contributed by atoms with van der Waals surface area (Å²) in [5, 5.41) is 6.46. The van der Waals surface area contributed by atoms with Gasteiger partial charge in [-0.1, -0.05) is 48.0 Å². The van der Waals surface area contributed by atoms with Gasteiger partial charge in [0.15, 0.2) is 0 Å². The second-order valence-electron chi connectivity index (χ2n) is 7.25. The van der Waals surface area contributed by atoms with Crippen molar-refractivity contribution in [1.82, 2.24) is 20.5 Å². The first-order valence-electron chi connectivity index (χ1n) is 9.50. The van der Waals surface area contributed by atoms with Gasteiger partial charge >= 0.3 is 6.03 Å². The van der Waals surface area contributed by atoms with Gasteiger partial charge in [0.2, 0.25) is 5.91 Å². The Bertz CT molecular complexity index is 1070. The summed E-state index contributed by atoms with van der Waals surface area (Å²) in [4.78, 5) is 41.3. The van der Waals surface area contributed by atoms with Crippen molar-refractivity contribution in [2.45, 2.75) is 25.9 Å². The van der Waals surface area contributed by atoms with Gasteiger partial charge in [0, 0.05) is 30.1 Å². The number of carbonyl (C=O) groups is 3. The molecule has 1 aliphatic heterocycles. The third-order valence-electron chi connectivity index (χ3n) is 5.12. The second kappa shape index (κ2) is 7.79. The lowest BCUT2D eigenvalue weighted by molar-refractivity contribution is -0.132. The number of benzene rings is 2. The van der Waals surface area contributed by atoms with E-state index in [1.807, 2.05) is 61.7 Å². The average molecular weight is 390 g/mol. The Morgan fingerprint density at radius 2 is 1.86 bits per heavy atom. The van der Waals surface area contributed by atoms with E-state index >= 15 is 0 Å². The van der Waals surface area contributed by atoms with Crippen LogP contribution in [0, 0.1) is 6.92 Å². The number of aromatic amines is 1. The molecule has 1 saturated heterocycles. The monoisotopic (exact) mass is 390 g/mol. The number of amides is 4. The van der Waals surface area contributed by atoms with Crippen LogP contribution in [0.15, 0.2) is 54.7 Å². The fraction of sp³-hybridized carbons (Fsp3) is 0.227. The van der Waals surface area contributed by atoms with Crippen molar-refractivity contribution in [3.63, 3.8) is 0 Å². The maximum Gasteiger partial charge on any atom is 0.325 e. The number of hydrogen-bond donors (Lipinski definition) is 3. The molecule has 0 bridgehead atoms. The van der Waals surface area contributed by atoms with Gasteiger partial charge in [-0.15, -0.1) is 0 Å². The molecule has 0 saturated carbocycles. The highest BCUT2D eigenvalue weighted by Gasteiger charge is 2.39. The lowest BCUT2D eigenvalue weighted by Crippen LogP contribution is -2.41. The van der Waals surface area contributed by atoms with E-state index < -0.39 is 12.1 Å². The molecule has 0 spiro atoms. The van der Waals surface area contributed by atoms with Crippen molar-refractivity contribution >= 4 is 28.7 Å². The van der Waals surface area contributed by atoms with Gasteiger partial charge in [0.05, 0.1) is 0 Å². The van der Waals surface area contributed by atoms with Crippen molar-refractivity contribution in [2.24, 2.45) is 0 Å². The first-order valence-corrected chi connectivity index (χ1v) is 9.50. The SMILES string of the molecule is Cc1ccc(CNC(=O)CN2C(=O)N[C@@H](Cc3c[nH]c4ccccc34)C2=O)cc1. The number of nitrogens with zero attached hydrogens (tertiary/aromatic N) is 1. The van der Waals surface area contributed by atoms with Gasteiger partial charge in [-0.05, 0) is 24.1 Å². The Labute approximate surface area is 168 Å². The third-order valence-corrected chi connectivity index (χ3v) is 5.12. The number of aromatic nitrogens is 1. The predicted molar refractivity (Wildman–Crippen MR) is 109 cm³/mol. The minimum absolute atomic E-state index is 0.291. The van der Waals surface area contributed by atoms with E-state index in [4.69, 9.17) is 0 Å². The van der Waals surface area contributed by atoms with Crippen LogP contribution in [0.25, 0.3) is 10.9 Å². The summed E-state index contributed by atoms with van der Waals surface area (Å²) in [6, 6.07) is 14.4. The molecule has 3 N–H and O–H groups in total. The molecular formula is C22H22N4O3. The number of para-hydroxylation sites is 1. The summed E-state index contributed by atoms with van der Waals surface area (Å²) < 4.78 is 0. The summed E-state index contributed by atoms with van der Waals surface area (Å²) in [6.07, 6.45) is 2.22. The van der Waals surface area contributed by atoms with Crippen LogP contribution in [0.1, 0.15) is 16.7 Å². The molecule has 4 rings (SSSR count). The van der Waals surface area contributed by atoms with Crippen molar-refractivity contribution in [2.75, 3.05) is 6.54 Å². The number of nitrogens with one attached hydrogen (secondary N) is 3. The van der Waals surface area contributed by atoms with Crippen LogP contribution in [0.2, 0.25) is 0 Å². The van der Waals surface area contributed by atoms with E-state index in [2.05, 4.69) is 15.6 Å². The Hall–Kier alpha value is -3.61. The Morgan fingerprint density at radius 1 is 1.10 bits per heavy atom. The number of fused-ring (bicyclic) bond motifs is 1. The molecule has 1 fully saturated rings. The lowest BCUT2D eigenvalue weighted by Gasteiger charge is -2.13. The molecule has 0 radical (unpaired) electrons. The molecule has 2 aromatic carbocycles. The van der Waals surface area contributed by atoms with E-state index in [1.54, 1.807) is 0 Å². The smallest absolute Gasteiger partial charge is 0.325 e. The lowest BCUT2D eigenvalue weighted by atomic mass is 10.1. The largest absolute Gasteiger partial charge is 0.361 e. The summed E-state index contributed by atoms with van der Waals surface area (Å²) in [5.74, 6) is -0.757. The number of urea groups is 1. The Balaban J connectivity index is 1.36. The van der Waals surface area contributed by atoms with Crippen LogP contribution in [0.3, 0.4) is 0 Å². The summed E-state index contributed by atoms with van der Waals surface area (Å²) >= 11 is 0. The van der Waals surface area contributed by atoms with Gasteiger partial charge in [-0.2, -0.15) is 0 Å². The molecule has 1 atom stereocenters. The average Bonchev–Trinajstić information content (AvgIpc) is 3.24. The normalized spacial score (nSPS) is 16.3. The minimum Gasteiger partial charge on any atom is -0.361 e. The molecule has 0 aliphatic carbocycles. The number of aryl methyl sites for hydroxylation is 1. The quantitative estimate of drug-likeness (QED) is 0.564. The zero-order valence-electron chi connectivity index (χ0n) is 16.1. The zero-order valence-corrected chi connectivity index (χ0v) is 16.1. The number of rotatable bonds is 6. The van der Waals surface area contributed by atoms with Crippen molar-refractivity contribution < 1.29 is 14.4 Å². The highest BCUT2D eigenvalue weighted by Crippen LogP contribution is 2.21. The van der Waals surface area contributed by atoms with E-state index in [9.17, 15) is 14.4 Å². The van der Waals surface area contributed by atoms with Gasteiger partial charge < -0.3 is 15.6 Å². The van der Waals surface area contributed by atoms with Gasteiger partial charge in [0.1, 0.15) is 12.6 Å². The van der Waals surface area contributed by atoms with Gasteiger partial charge in [0.25, 0.3) is 5.91 Å². The molecular weight excluding hydrogens is 368 g/mol. The molecule has 7 heteroatoms. The van der Waals surface area contributed by atoms with Crippen molar-refractivity contribution in [1.29, 1.82) is 0 Å². The molecule has 1 aliphatic rings. The molecule has 3 aromatic rings. The number of carbonyl (C=O) groups excluding carboxylic acids is 3. The van der Waals surface area contributed by atoms with E-state index in [0.29, 0.717) is 13.0 Å². The van der Waals surface area contributed by atoms with Crippen LogP contribution in [-0.2, 0) is 22.6 Å². The van der Waals surface area contributed by atoms with Crippen LogP contribution < -0.4 is 10.6 Å². The topological polar surface area (TPSA) is 94.3 Å². The Morgan fingerprint density at radius 3 is 2.66 bits per heavy atom. The maximum absolute atomic E-state index is 12.7. The number of H-pyrrole nitrogens is 1. The van der Waals surface area contributed by atoms with Gasteiger partial charge in [-0.25, -0.2) is 4.79 Å². The number of imide groups is 1. The van der Waals surface area contributed by atoms with Crippen LogP contribution in [-0.4, -0.2) is 40.3 Å². The van der Waals surface area contributed by atoms with Crippen molar-refractivity contribution in [3.8, 4) is 0 Å². The van der Waals surface area contributed by atoms with Crippen LogP contribution in [0.4, 0.5) is 4.79 Å². The highest BCUT2D eigenvalue weighted by atomic mass is 16.2. The first-order chi connectivity index (χ1) is 14.0. The standard InChI is InChI=1S/C22H22N4O3/c1-14-6-8-15(9-7-14)11-24-20(27)13-26-21(28)19(25-22(26)29)10-16-12-23-18-5-3-2-4-17(16)18/h2-9,12,19,23H,10-11,13H2,1H3,(H,24,27)(H,25,29)/t19-/m0/s1. The maximum atomic E-state index is 12.7. The summed E-state index contributed by atoms with van der Waals surface area (Å²) in [6.45, 7) is 2.05. The molecule has 1 aromatic heterocycles. The molecule has 0 unspecified atom stereocenters. The van der Waals surface area contributed by atoms with Crippen LogP contribution in [0.5, 0.6) is 0 Å². The fourth-order valence-corrected chi connectivity index (χ4v) is 3.49. The highest BCUT2D eigenvalue weighted by molar-refractivity contribution is 6.06. The van der Waals surface area contributed by atoms with E-state index in [-0.39, 0.29) is 18.4 Å². The molecule has 7 nitrogen and oxygen atoms in total. The summed E-state index contributed by atoms with van der Waals surface area (Å²) in [5.41, 5.74) is 4.02. The fourth-order valence-electron chi connectivity index (χ4n) is 3.49. The third kappa shape index (κ3) is 3.99. The van der Waals surface area contributed by atoms with Gasteiger partial charge in [-0.3, -0.25) is 14.5 Å². The number of hydrogen-bond acceptors (Lipinski definition) is 3. The summed E-state index contributed by atoms with van der Waals surface area (Å²) in [7, 11) is 0. The molecule has 29 heavy (non-hydrogen) atoms. The minimum atomic E-state index is -0.674. The molecule has 4 amide bonds. The molecule has 2 heterocycles.